The fraction of sp³-hybridized carbons (Fsp3) is 0.500. The zero-order valence-electron chi connectivity index (χ0n) is 8.38. The van der Waals surface area contributed by atoms with E-state index in [0.717, 1.165) is 0 Å². The Morgan fingerprint density at radius 1 is 1.50 bits per heavy atom. The summed E-state index contributed by atoms with van der Waals surface area (Å²) in [5.74, 6) is 0. The SMILES string of the molecule is CCOC(=O)N(C)c1c(C)[nH][nH]c1=O. The molecule has 0 aliphatic heterocycles. The molecule has 6 nitrogen and oxygen atoms in total. The van der Waals surface area contributed by atoms with Crippen LogP contribution in [-0.4, -0.2) is 29.9 Å². The van der Waals surface area contributed by atoms with Gasteiger partial charge in [0.25, 0.3) is 5.56 Å². The fourth-order valence-corrected chi connectivity index (χ4v) is 1.15. The number of nitrogens with one attached hydrogen (secondary N) is 2. The maximum Gasteiger partial charge on any atom is 0.414 e. The van der Waals surface area contributed by atoms with Crippen molar-refractivity contribution in [2.24, 2.45) is 0 Å². The number of aromatic nitrogens is 2. The molecule has 2 N–H and O–H groups in total. The van der Waals surface area contributed by atoms with Crippen LogP contribution in [0.4, 0.5) is 10.5 Å². The van der Waals surface area contributed by atoms with E-state index in [2.05, 4.69) is 10.2 Å². The predicted octanol–water partition coefficient (Wildman–Crippen LogP) is 0.604. The molecule has 0 aliphatic carbocycles. The molecule has 6 heteroatoms. The highest BCUT2D eigenvalue weighted by Gasteiger charge is 2.18. The first kappa shape index (κ1) is 10.4. The molecular formula is C8H13N3O3. The quantitative estimate of drug-likeness (QED) is 0.732. The highest BCUT2D eigenvalue weighted by molar-refractivity contribution is 5.87. The topological polar surface area (TPSA) is 78.2 Å². The van der Waals surface area contributed by atoms with Gasteiger partial charge in [0.05, 0.1) is 12.3 Å². The molecule has 0 aliphatic rings. The average molecular weight is 199 g/mol. The Hall–Kier alpha value is -1.72. The lowest BCUT2D eigenvalue weighted by molar-refractivity contribution is 0.161. The van der Waals surface area contributed by atoms with E-state index >= 15 is 0 Å². The van der Waals surface area contributed by atoms with Gasteiger partial charge in [-0.25, -0.2) is 4.79 Å². The molecule has 78 valence electrons. The molecule has 0 aromatic carbocycles. The summed E-state index contributed by atoms with van der Waals surface area (Å²) in [5, 5.41) is 5.01. The number of aryl methyl sites for hydroxylation is 1. The number of rotatable bonds is 2. The summed E-state index contributed by atoms with van der Waals surface area (Å²) in [6.07, 6.45) is -0.541. The summed E-state index contributed by atoms with van der Waals surface area (Å²) in [6.45, 7) is 3.69. The summed E-state index contributed by atoms with van der Waals surface area (Å²) in [5.41, 5.74) is 0.548. The van der Waals surface area contributed by atoms with Gasteiger partial charge < -0.3 is 9.84 Å². The summed E-state index contributed by atoms with van der Waals surface area (Å²) >= 11 is 0. The van der Waals surface area contributed by atoms with Crippen molar-refractivity contribution >= 4 is 11.8 Å². The number of anilines is 1. The van der Waals surface area contributed by atoms with E-state index in [1.807, 2.05) is 0 Å². The molecule has 0 radical (unpaired) electrons. The number of amides is 1. The number of hydrogen-bond acceptors (Lipinski definition) is 3. The Kier molecular flexibility index (Phi) is 2.95. The molecule has 0 bridgehead atoms. The molecule has 1 rings (SSSR count). The van der Waals surface area contributed by atoms with Gasteiger partial charge in [-0.3, -0.25) is 14.8 Å². The molecule has 0 fully saturated rings. The minimum atomic E-state index is -0.541. The highest BCUT2D eigenvalue weighted by atomic mass is 16.6. The first-order valence-electron chi connectivity index (χ1n) is 4.25. The number of nitrogens with zero attached hydrogens (tertiary/aromatic N) is 1. The van der Waals surface area contributed by atoms with Crippen molar-refractivity contribution in [2.45, 2.75) is 13.8 Å². The lowest BCUT2D eigenvalue weighted by Gasteiger charge is -2.14. The summed E-state index contributed by atoms with van der Waals surface area (Å²) in [6, 6.07) is 0. The number of carbonyl (C=O) groups is 1. The van der Waals surface area contributed by atoms with Crippen LogP contribution in [0.15, 0.2) is 4.79 Å². The van der Waals surface area contributed by atoms with Crippen LogP contribution in [0.1, 0.15) is 12.6 Å². The third-order valence-electron chi connectivity index (χ3n) is 1.81. The fourth-order valence-electron chi connectivity index (χ4n) is 1.15. The third-order valence-corrected chi connectivity index (χ3v) is 1.81. The van der Waals surface area contributed by atoms with Gasteiger partial charge in [0.2, 0.25) is 0 Å². The van der Waals surface area contributed by atoms with Gasteiger partial charge in [0.15, 0.2) is 0 Å². The predicted molar refractivity (Wildman–Crippen MR) is 51.6 cm³/mol. The van der Waals surface area contributed by atoms with Crippen molar-refractivity contribution < 1.29 is 9.53 Å². The van der Waals surface area contributed by atoms with Gasteiger partial charge in [0, 0.05) is 7.05 Å². The number of ether oxygens (including phenoxy) is 1. The molecule has 0 spiro atoms. The molecule has 1 amide bonds. The van der Waals surface area contributed by atoms with E-state index in [1.54, 1.807) is 13.8 Å². The molecule has 0 saturated heterocycles. The highest BCUT2D eigenvalue weighted by Crippen LogP contribution is 2.10. The Labute approximate surface area is 80.8 Å². The molecule has 1 heterocycles. The maximum atomic E-state index is 11.3. The average Bonchev–Trinajstić information content (AvgIpc) is 2.46. The first-order chi connectivity index (χ1) is 6.57. The lowest BCUT2D eigenvalue weighted by atomic mass is 10.4. The second kappa shape index (κ2) is 3.99. The molecule has 1 aromatic heterocycles. The van der Waals surface area contributed by atoms with E-state index in [9.17, 15) is 9.59 Å². The molecule has 14 heavy (non-hydrogen) atoms. The molecular weight excluding hydrogens is 186 g/mol. The van der Waals surface area contributed by atoms with Crippen LogP contribution in [0, 0.1) is 6.92 Å². The zero-order chi connectivity index (χ0) is 10.7. The van der Waals surface area contributed by atoms with Gasteiger partial charge in [-0.1, -0.05) is 0 Å². The first-order valence-corrected chi connectivity index (χ1v) is 4.25. The third kappa shape index (κ3) is 1.78. The van der Waals surface area contributed by atoms with Crippen molar-refractivity contribution in [3.05, 3.63) is 16.0 Å². The van der Waals surface area contributed by atoms with Crippen LogP contribution in [0.2, 0.25) is 0 Å². The van der Waals surface area contributed by atoms with Crippen LogP contribution in [0.3, 0.4) is 0 Å². The minimum absolute atomic E-state index is 0.281. The molecule has 1 aromatic rings. The van der Waals surface area contributed by atoms with Crippen LogP contribution < -0.4 is 10.5 Å². The number of hydrogen-bond donors (Lipinski definition) is 2. The standard InChI is InChI=1S/C8H13N3O3/c1-4-14-8(13)11(3)6-5(2)9-10-7(6)12/h4H2,1-3H3,(H2,9,10,12). The number of carbonyl (C=O) groups excluding carboxylic acids is 1. The number of aromatic amines is 2. The van der Waals surface area contributed by atoms with E-state index < -0.39 is 6.09 Å². The van der Waals surface area contributed by atoms with Crippen molar-refractivity contribution in [1.29, 1.82) is 0 Å². The van der Waals surface area contributed by atoms with Crippen LogP contribution in [-0.2, 0) is 4.74 Å². The normalized spacial score (nSPS) is 9.93. The smallest absolute Gasteiger partial charge is 0.414 e. The van der Waals surface area contributed by atoms with Crippen LogP contribution in [0.5, 0.6) is 0 Å². The number of H-pyrrole nitrogens is 2. The van der Waals surface area contributed by atoms with Gasteiger partial charge in [-0.05, 0) is 13.8 Å². The van der Waals surface area contributed by atoms with Gasteiger partial charge in [-0.15, -0.1) is 0 Å². The van der Waals surface area contributed by atoms with Crippen LogP contribution in [0.25, 0.3) is 0 Å². The maximum absolute atomic E-state index is 11.3. The van der Waals surface area contributed by atoms with Gasteiger partial charge >= 0.3 is 6.09 Å². The summed E-state index contributed by atoms with van der Waals surface area (Å²) in [4.78, 5) is 23.7. The Bertz CT molecular complexity index is 379. The molecule has 0 saturated carbocycles. The second-order valence-electron chi connectivity index (χ2n) is 2.81. The van der Waals surface area contributed by atoms with E-state index in [-0.39, 0.29) is 17.9 Å². The largest absolute Gasteiger partial charge is 0.449 e. The summed E-state index contributed by atoms with van der Waals surface area (Å²) < 4.78 is 4.76. The van der Waals surface area contributed by atoms with Crippen molar-refractivity contribution in [3.8, 4) is 0 Å². The Morgan fingerprint density at radius 2 is 2.14 bits per heavy atom. The van der Waals surface area contributed by atoms with Crippen molar-refractivity contribution in [1.82, 2.24) is 10.2 Å². The minimum Gasteiger partial charge on any atom is -0.449 e. The lowest BCUT2D eigenvalue weighted by Crippen LogP contribution is -2.30. The zero-order valence-corrected chi connectivity index (χ0v) is 8.38. The van der Waals surface area contributed by atoms with Gasteiger partial charge in [-0.2, -0.15) is 0 Å². The van der Waals surface area contributed by atoms with E-state index in [1.165, 1.54) is 11.9 Å². The van der Waals surface area contributed by atoms with E-state index in [4.69, 9.17) is 4.74 Å². The molecule has 0 unspecified atom stereocenters. The Morgan fingerprint density at radius 3 is 2.57 bits per heavy atom. The van der Waals surface area contributed by atoms with Crippen molar-refractivity contribution in [3.63, 3.8) is 0 Å². The summed E-state index contributed by atoms with van der Waals surface area (Å²) in [7, 11) is 1.49. The van der Waals surface area contributed by atoms with Crippen LogP contribution >= 0.6 is 0 Å². The monoisotopic (exact) mass is 199 g/mol. The van der Waals surface area contributed by atoms with E-state index in [0.29, 0.717) is 5.69 Å². The van der Waals surface area contributed by atoms with Crippen molar-refractivity contribution in [2.75, 3.05) is 18.6 Å². The molecule has 0 atom stereocenters. The second-order valence-corrected chi connectivity index (χ2v) is 2.81. The van der Waals surface area contributed by atoms with Gasteiger partial charge in [0.1, 0.15) is 5.69 Å². The Balaban J connectivity index is 2.94.